The lowest BCUT2D eigenvalue weighted by Gasteiger charge is -2.07. The summed E-state index contributed by atoms with van der Waals surface area (Å²) in [6.45, 7) is 2.40. The molecular weight excluding hydrogens is 379 g/mol. The lowest BCUT2D eigenvalue weighted by atomic mass is 10.2. The van der Waals surface area contributed by atoms with E-state index in [0.717, 1.165) is 0 Å². The maximum Gasteiger partial charge on any atom is 0.269 e. The molecule has 0 saturated carbocycles. The highest BCUT2D eigenvalue weighted by molar-refractivity contribution is 5.95. The molecule has 0 saturated heterocycles. The standard InChI is InChI=1S/C20H19FN4O4/c1-2-28-16-9-5-14(6-10-16)20(27)24-23-17(26)11-12-18-22-19(25-29-18)13-3-7-15(21)8-4-13/h3-10H,2,11-12H2,1H3,(H,23,26)(H,24,27). The quantitative estimate of drug-likeness (QED) is 0.593. The van der Waals surface area contributed by atoms with Gasteiger partial charge in [-0.1, -0.05) is 5.16 Å². The Labute approximate surface area is 166 Å². The Kier molecular flexibility index (Phi) is 6.51. The van der Waals surface area contributed by atoms with Gasteiger partial charge in [-0.2, -0.15) is 4.98 Å². The normalized spacial score (nSPS) is 10.4. The van der Waals surface area contributed by atoms with Gasteiger partial charge < -0.3 is 9.26 Å². The van der Waals surface area contributed by atoms with Crippen LogP contribution in [0.4, 0.5) is 4.39 Å². The number of hydrazine groups is 1. The first kappa shape index (κ1) is 20.0. The van der Waals surface area contributed by atoms with Crippen molar-refractivity contribution < 1.29 is 23.2 Å². The predicted molar refractivity (Wildman–Crippen MR) is 101 cm³/mol. The topological polar surface area (TPSA) is 106 Å². The van der Waals surface area contributed by atoms with Gasteiger partial charge in [0.1, 0.15) is 11.6 Å². The Morgan fingerprint density at radius 3 is 2.48 bits per heavy atom. The van der Waals surface area contributed by atoms with Crippen LogP contribution >= 0.6 is 0 Å². The highest BCUT2D eigenvalue weighted by atomic mass is 19.1. The number of aromatic nitrogens is 2. The van der Waals surface area contributed by atoms with Crippen molar-refractivity contribution in [2.75, 3.05) is 6.61 Å². The molecule has 2 N–H and O–H groups in total. The van der Waals surface area contributed by atoms with Crippen molar-refractivity contribution in [1.82, 2.24) is 21.0 Å². The molecule has 3 aromatic rings. The van der Waals surface area contributed by atoms with Gasteiger partial charge in [0.25, 0.3) is 5.91 Å². The van der Waals surface area contributed by atoms with Crippen LogP contribution < -0.4 is 15.6 Å². The minimum absolute atomic E-state index is 0.0363. The van der Waals surface area contributed by atoms with Gasteiger partial charge in [-0.15, -0.1) is 0 Å². The first-order valence-electron chi connectivity index (χ1n) is 8.95. The Morgan fingerprint density at radius 1 is 1.07 bits per heavy atom. The summed E-state index contributed by atoms with van der Waals surface area (Å²) < 4.78 is 23.4. The fraction of sp³-hybridized carbons (Fsp3) is 0.200. The Balaban J connectivity index is 1.45. The van der Waals surface area contributed by atoms with Gasteiger partial charge in [0.2, 0.25) is 17.6 Å². The highest BCUT2D eigenvalue weighted by Crippen LogP contribution is 2.16. The van der Waals surface area contributed by atoms with Gasteiger partial charge in [-0.05, 0) is 55.5 Å². The van der Waals surface area contributed by atoms with E-state index in [1.165, 1.54) is 24.3 Å². The van der Waals surface area contributed by atoms with E-state index < -0.39 is 11.8 Å². The van der Waals surface area contributed by atoms with Gasteiger partial charge >= 0.3 is 0 Å². The van der Waals surface area contributed by atoms with Gasteiger partial charge in [0.15, 0.2) is 0 Å². The molecule has 8 nitrogen and oxygen atoms in total. The van der Waals surface area contributed by atoms with E-state index in [4.69, 9.17) is 9.26 Å². The molecule has 0 aliphatic heterocycles. The van der Waals surface area contributed by atoms with Crippen molar-refractivity contribution >= 4 is 11.8 Å². The second-order valence-corrected chi connectivity index (χ2v) is 5.98. The molecule has 0 spiro atoms. The molecule has 2 aromatic carbocycles. The Bertz CT molecular complexity index is 971. The van der Waals surface area contributed by atoms with Crippen LogP contribution in [0.2, 0.25) is 0 Å². The lowest BCUT2D eigenvalue weighted by Crippen LogP contribution is -2.41. The number of carbonyl (C=O) groups excluding carboxylic acids is 2. The smallest absolute Gasteiger partial charge is 0.269 e. The number of nitrogens with one attached hydrogen (secondary N) is 2. The van der Waals surface area contributed by atoms with E-state index in [1.807, 2.05) is 6.92 Å². The number of amides is 2. The minimum atomic E-state index is -0.446. The van der Waals surface area contributed by atoms with E-state index in [1.54, 1.807) is 24.3 Å². The second-order valence-electron chi connectivity index (χ2n) is 5.98. The van der Waals surface area contributed by atoms with Gasteiger partial charge in [0, 0.05) is 24.0 Å². The fourth-order valence-electron chi connectivity index (χ4n) is 2.42. The molecule has 0 bridgehead atoms. The summed E-state index contributed by atoms with van der Waals surface area (Å²) in [7, 11) is 0. The number of nitrogens with zero attached hydrogens (tertiary/aromatic N) is 2. The summed E-state index contributed by atoms with van der Waals surface area (Å²) in [4.78, 5) is 28.1. The fourth-order valence-corrected chi connectivity index (χ4v) is 2.42. The van der Waals surface area contributed by atoms with Crippen molar-refractivity contribution in [3.05, 3.63) is 65.8 Å². The summed E-state index contributed by atoms with van der Waals surface area (Å²) in [5.41, 5.74) is 5.66. The zero-order valence-corrected chi connectivity index (χ0v) is 15.6. The monoisotopic (exact) mass is 398 g/mol. The lowest BCUT2D eigenvalue weighted by molar-refractivity contribution is -0.121. The number of benzene rings is 2. The van der Waals surface area contributed by atoms with Crippen molar-refractivity contribution in [2.24, 2.45) is 0 Å². The van der Waals surface area contributed by atoms with E-state index in [2.05, 4.69) is 21.0 Å². The van der Waals surface area contributed by atoms with E-state index in [9.17, 15) is 14.0 Å². The maximum absolute atomic E-state index is 13.0. The van der Waals surface area contributed by atoms with Crippen molar-refractivity contribution in [3.8, 4) is 17.1 Å². The van der Waals surface area contributed by atoms with Crippen LogP contribution in [0.3, 0.4) is 0 Å². The summed E-state index contributed by atoms with van der Waals surface area (Å²) in [6.07, 6.45) is 0.230. The number of ether oxygens (including phenoxy) is 1. The molecule has 0 fully saturated rings. The Morgan fingerprint density at radius 2 is 1.79 bits per heavy atom. The van der Waals surface area contributed by atoms with Crippen molar-refractivity contribution in [1.29, 1.82) is 0 Å². The van der Waals surface area contributed by atoms with Crippen LogP contribution in [-0.4, -0.2) is 28.6 Å². The molecule has 0 unspecified atom stereocenters. The SMILES string of the molecule is CCOc1ccc(C(=O)NNC(=O)CCc2nc(-c3ccc(F)cc3)no2)cc1. The van der Waals surface area contributed by atoms with Gasteiger partial charge in [-0.25, -0.2) is 4.39 Å². The second kappa shape index (κ2) is 9.45. The van der Waals surface area contributed by atoms with E-state index in [0.29, 0.717) is 29.3 Å². The molecule has 3 rings (SSSR count). The molecule has 150 valence electrons. The minimum Gasteiger partial charge on any atom is -0.494 e. The van der Waals surface area contributed by atoms with Crippen LogP contribution in [0.1, 0.15) is 29.6 Å². The molecule has 1 heterocycles. The summed E-state index contributed by atoms with van der Waals surface area (Å²) in [5.74, 6) is 0.0131. The molecule has 0 aliphatic carbocycles. The summed E-state index contributed by atoms with van der Waals surface area (Å²) >= 11 is 0. The average molecular weight is 398 g/mol. The molecule has 0 aliphatic rings. The van der Waals surface area contributed by atoms with Crippen molar-refractivity contribution in [2.45, 2.75) is 19.8 Å². The predicted octanol–water partition coefficient (Wildman–Crippen LogP) is 2.67. The third kappa shape index (κ3) is 5.61. The molecule has 2 amide bonds. The Hall–Kier alpha value is -3.75. The number of carbonyl (C=O) groups is 2. The van der Waals surface area contributed by atoms with Crippen LogP contribution in [0, 0.1) is 5.82 Å². The van der Waals surface area contributed by atoms with Crippen molar-refractivity contribution in [3.63, 3.8) is 0 Å². The first-order valence-corrected chi connectivity index (χ1v) is 8.95. The van der Waals surface area contributed by atoms with Crippen LogP contribution in [0.15, 0.2) is 53.1 Å². The third-order valence-corrected chi connectivity index (χ3v) is 3.88. The maximum atomic E-state index is 13.0. The zero-order valence-electron chi connectivity index (χ0n) is 15.6. The van der Waals surface area contributed by atoms with Gasteiger partial charge in [0.05, 0.1) is 6.61 Å². The largest absolute Gasteiger partial charge is 0.494 e. The number of hydrogen-bond acceptors (Lipinski definition) is 6. The average Bonchev–Trinajstić information content (AvgIpc) is 3.21. The highest BCUT2D eigenvalue weighted by Gasteiger charge is 2.12. The summed E-state index contributed by atoms with van der Waals surface area (Å²) in [5, 5.41) is 3.81. The van der Waals surface area contributed by atoms with E-state index in [-0.39, 0.29) is 24.5 Å². The molecule has 0 atom stereocenters. The molecule has 0 radical (unpaired) electrons. The zero-order chi connectivity index (χ0) is 20.6. The molecule has 29 heavy (non-hydrogen) atoms. The number of halogens is 1. The number of aryl methyl sites for hydroxylation is 1. The number of rotatable bonds is 7. The number of hydrogen-bond donors (Lipinski definition) is 2. The van der Waals surface area contributed by atoms with Crippen LogP contribution in [-0.2, 0) is 11.2 Å². The van der Waals surface area contributed by atoms with E-state index >= 15 is 0 Å². The molecule has 1 aromatic heterocycles. The van der Waals surface area contributed by atoms with Crippen LogP contribution in [0.25, 0.3) is 11.4 Å². The van der Waals surface area contributed by atoms with Crippen LogP contribution in [0.5, 0.6) is 5.75 Å². The first-order chi connectivity index (χ1) is 14.0. The molecular formula is C20H19FN4O4. The van der Waals surface area contributed by atoms with Gasteiger partial charge in [-0.3, -0.25) is 20.4 Å². The molecule has 9 heteroatoms. The summed E-state index contributed by atoms with van der Waals surface area (Å²) in [6, 6.07) is 12.2. The third-order valence-electron chi connectivity index (χ3n) is 3.88.